The Labute approximate surface area is 112 Å². The fourth-order valence-corrected chi connectivity index (χ4v) is 2.46. The van der Waals surface area contributed by atoms with Crippen LogP contribution < -0.4 is 5.32 Å². The Morgan fingerprint density at radius 2 is 1.94 bits per heavy atom. The lowest BCUT2D eigenvalue weighted by atomic mass is 9.75. The largest absolute Gasteiger partial charge is 0.366 e. The third-order valence-electron chi connectivity index (χ3n) is 3.39. The number of hydrogen-bond acceptors (Lipinski definition) is 3. The van der Waals surface area contributed by atoms with Crippen molar-refractivity contribution in [3.8, 4) is 0 Å². The van der Waals surface area contributed by atoms with E-state index in [-0.39, 0.29) is 5.28 Å². The van der Waals surface area contributed by atoms with Crippen LogP contribution in [0.1, 0.15) is 39.5 Å². The summed E-state index contributed by atoms with van der Waals surface area (Å²) in [5.74, 6) is 0.649. The average Bonchev–Trinajstić information content (AvgIpc) is 2.26. The Kier molecular flexibility index (Phi) is 3.79. The molecule has 1 N–H and O–H groups in total. The van der Waals surface area contributed by atoms with E-state index in [2.05, 4.69) is 29.1 Å². The first-order chi connectivity index (χ1) is 7.96. The predicted octanol–water partition coefficient (Wildman–Crippen LogP) is 4.16. The molecule has 0 saturated heterocycles. The molecule has 1 heterocycles. The maximum atomic E-state index is 6.03. The summed E-state index contributed by atoms with van der Waals surface area (Å²) in [6.07, 6.45) is 6.27. The van der Waals surface area contributed by atoms with Gasteiger partial charge < -0.3 is 5.32 Å². The summed E-state index contributed by atoms with van der Waals surface area (Å²) in [5, 5.41) is 4.12. The molecule has 17 heavy (non-hydrogen) atoms. The van der Waals surface area contributed by atoms with E-state index in [9.17, 15) is 0 Å². The van der Waals surface area contributed by atoms with Crippen LogP contribution in [-0.2, 0) is 0 Å². The molecule has 0 unspecified atom stereocenters. The summed E-state index contributed by atoms with van der Waals surface area (Å²) in [4.78, 5) is 7.95. The number of halogens is 2. The lowest BCUT2D eigenvalue weighted by Gasteiger charge is -2.34. The normalized spacial score (nSPS) is 20.2. The number of rotatable bonds is 2. The van der Waals surface area contributed by atoms with E-state index in [1.54, 1.807) is 0 Å². The van der Waals surface area contributed by atoms with Gasteiger partial charge in [-0.3, -0.25) is 0 Å². The van der Waals surface area contributed by atoms with Crippen molar-refractivity contribution in [3.63, 3.8) is 0 Å². The molecule has 5 heteroatoms. The summed E-state index contributed by atoms with van der Waals surface area (Å²) in [7, 11) is 0. The summed E-state index contributed by atoms with van der Waals surface area (Å²) >= 11 is 11.8. The van der Waals surface area contributed by atoms with Crippen molar-refractivity contribution in [3.05, 3.63) is 16.5 Å². The second-order valence-electron chi connectivity index (χ2n) is 5.42. The lowest BCUT2D eigenvalue weighted by Crippen LogP contribution is -2.30. The molecular weight excluding hydrogens is 257 g/mol. The Balaban J connectivity index is 2.00. The number of aromatic nitrogens is 2. The average molecular weight is 274 g/mol. The highest BCUT2D eigenvalue weighted by Gasteiger charge is 2.27. The zero-order valence-electron chi connectivity index (χ0n) is 10.1. The first-order valence-corrected chi connectivity index (χ1v) is 6.66. The third kappa shape index (κ3) is 3.46. The van der Waals surface area contributed by atoms with Crippen LogP contribution in [0.15, 0.2) is 6.20 Å². The number of nitrogens with one attached hydrogen (secondary N) is 1. The van der Waals surface area contributed by atoms with Crippen molar-refractivity contribution in [1.29, 1.82) is 0 Å². The second-order valence-corrected chi connectivity index (χ2v) is 6.16. The van der Waals surface area contributed by atoms with E-state index in [1.807, 2.05) is 0 Å². The summed E-state index contributed by atoms with van der Waals surface area (Å²) in [6, 6.07) is 0.437. The van der Waals surface area contributed by atoms with Gasteiger partial charge in [-0.15, -0.1) is 0 Å². The van der Waals surface area contributed by atoms with Crippen LogP contribution in [0.25, 0.3) is 0 Å². The fraction of sp³-hybridized carbons (Fsp3) is 0.667. The molecule has 0 atom stereocenters. The van der Waals surface area contributed by atoms with Crippen molar-refractivity contribution in [2.75, 3.05) is 5.32 Å². The predicted molar refractivity (Wildman–Crippen MR) is 71.7 cm³/mol. The van der Waals surface area contributed by atoms with Crippen LogP contribution in [0.4, 0.5) is 5.82 Å². The van der Waals surface area contributed by atoms with Crippen LogP contribution >= 0.6 is 23.2 Å². The molecule has 3 nitrogen and oxygen atoms in total. The monoisotopic (exact) mass is 273 g/mol. The quantitative estimate of drug-likeness (QED) is 0.823. The minimum absolute atomic E-state index is 0.230. The molecule has 1 aliphatic carbocycles. The third-order valence-corrected chi connectivity index (χ3v) is 3.85. The molecule has 0 bridgehead atoms. The molecule has 0 radical (unpaired) electrons. The smallest absolute Gasteiger partial charge is 0.224 e. The Morgan fingerprint density at radius 1 is 1.29 bits per heavy atom. The van der Waals surface area contributed by atoms with Gasteiger partial charge in [0.2, 0.25) is 5.28 Å². The van der Waals surface area contributed by atoms with Crippen molar-refractivity contribution in [1.82, 2.24) is 9.97 Å². The number of anilines is 1. The van der Waals surface area contributed by atoms with Crippen molar-refractivity contribution in [2.45, 2.75) is 45.6 Å². The van der Waals surface area contributed by atoms with E-state index in [0.29, 0.717) is 22.3 Å². The van der Waals surface area contributed by atoms with E-state index in [1.165, 1.54) is 19.0 Å². The van der Waals surface area contributed by atoms with Crippen LogP contribution in [0.2, 0.25) is 10.3 Å². The van der Waals surface area contributed by atoms with E-state index >= 15 is 0 Å². The van der Waals surface area contributed by atoms with Gasteiger partial charge in [-0.1, -0.05) is 25.4 Å². The first-order valence-electron chi connectivity index (χ1n) is 5.91. The summed E-state index contributed by atoms with van der Waals surface area (Å²) < 4.78 is 0. The molecule has 1 aromatic rings. The zero-order valence-corrected chi connectivity index (χ0v) is 11.6. The molecule has 0 aliphatic heterocycles. The topological polar surface area (TPSA) is 37.8 Å². The van der Waals surface area contributed by atoms with Gasteiger partial charge in [0.05, 0.1) is 6.20 Å². The molecule has 2 rings (SSSR count). The number of nitrogens with zero attached hydrogens (tertiary/aromatic N) is 2. The summed E-state index contributed by atoms with van der Waals surface area (Å²) in [6.45, 7) is 4.63. The second kappa shape index (κ2) is 4.99. The molecule has 0 spiro atoms. The molecule has 1 aliphatic rings. The highest BCUT2D eigenvalue weighted by molar-refractivity contribution is 6.33. The zero-order chi connectivity index (χ0) is 12.5. The molecule has 0 amide bonds. The van der Waals surface area contributed by atoms with Gasteiger partial charge in [0.25, 0.3) is 0 Å². The molecule has 1 fully saturated rings. The Hall–Kier alpha value is -0.540. The Morgan fingerprint density at radius 3 is 2.59 bits per heavy atom. The maximum absolute atomic E-state index is 6.03. The van der Waals surface area contributed by atoms with Crippen LogP contribution in [0, 0.1) is 5.41 Å². The highest BCUT2D eigenvalue weighted by Crippen LogP contribution is 2.36. The first kappa shape index (κ1) is 12.9. The van der Waals surface area contributed by atoms with Crippen molar-refractivity contribution < 1.29 is 0 Å². The lowest BCUT2D eigenvalue weighted by molar-refractivity contribution is 0.232. The van der Waals surface area contributed by atoms with Gasteiger partial charge in [0.1, 0.15) is 10.8 Å². The Bertz CT molecular complexity index is 397. The van der Waals surface area contributed by atoms with E-state index in [4.69, 9.17) is 23.2 Å². The fourth-order valence-electron chi connectivity index (χ4n) is 2.18. The molecule has 1 saturated carbocycles. The van der Waals surface area contributed by atoms with Crippen LogP contribution in [0.3, 0.4) is 0 Å². The molecule has 0 aromatic carbocycles. The number of hydrogen-bond donors (Lipinski definition) is 1. The SMILES string of the molecule is CC1(C)CCC(Nc2nc(Cl)ncc2Cl)CC1. The van der Waals surface area contributed by atoms with Gasteiger partial charge in [0, 0.05) is 6.04 Å². The van der Waals surface area contributed by atoms with Crippen molar-refractivity contribution >= 4 is 29.0 Å². The van der Waals surface area contributed by atoms with Crippen LogP contribution in [-0.4, -0.2) is 16.0 Å². The van der Waals surface area contributed by atoms with E-state index < -0.39 is 0 Å². The maximum Gasteiger partial charge on any atom is 0.224 e. The van der Waals surface area contributed by atoms with Crippen LogP contribution in [0.5, 0.6) is 0 Å². The summed E-state index contributed by atoms with van der Waals surface area (Å²) in [5.41, 5.74) is 0.464. The van der Waals surface area contributed by atoms with Gasteiger partial charge >= 0.3 is 0 Å². The molecule has 1 aromatic heterocycles. The van der Waals surface area contributed by atoms with Gasteiger partial charge in [-0.05, 0) is 42.7 Å². The standard InChI is InChI=1S/C12H17Cl2N3/c1-12(2)5-3-8(4-6-12)16-10-9(13)7-15-11(14)17-10/h7-8H,3-6H2,1-2H3,(H,15,16,17). The molecular formula is C12H17Cl2N3. The highest BCUT2D eigenvalue weighted by atomic mass is 35.5. The minimum atomic E-state index is 0.230. The van der Waals surface area contributed by atoms with Gasteiger partial charge in [-0.25, -0.2) is 4.98 Å². The van der Waals surface area contributed by atoms with Gasteiger partial charge in [-0.2, -0.15) is 4.98 Å². The van der Waals surface area contributed by atoms with Gasteiger partial charge in [0.15, 0.2) is 0 Å². The van der Waals surface area contributed by atoms with Crippen molar-refractivity contribution in [2.24, 2.45) is 5.41 Å². The molecule has 94 valence electrons. The van der Waals surface area contributed by atoms with E-state index in [0.717, 1.165) is 12.8 Å². The minimum Gasteiger partial charge on any atom is -0.366 e.